The fourth-order valence-corrected chi connectivity index (χ4v) is 2.03. The molecule has 0 aliphatic carbocycles. The van der Waals surface area contributed by atoms with E-state index < -0.39 is 5.97 Å². The van der Waals surface area contributed by atoms with E-state index in [1.165, 1.54) is 0 Å². The topological polar surface area (TPSA) is 65.1 Å². The Morgan fingerprint density at radius 1 is 1.32 bits per heavy atom. The van der Waals surface area contributed by atoms with E-state index in [0.717, 1.165) is 5.57 Å². The first kappa shape index (κ1) is 15.9. The molecule has 1 aliphatic rings. The molecule has 2 rings (SSSR count). The van der Waals surface area contributed by atoms with E-state index >= 15 is 0 Å². The molecule has 6 nitrogen and oxygen atoms in total. The van der Waals surface area contributed by atoms with Gasteiger partial charge in [0.05, 0.1) is 5.56 Å². The van der Waals surface area contributed by atoms with Crippen molar-refractivity contribution in [1.29, 1.82) is 0 Å². The van der Waals surface area contributed by atoms with Crippen LogP contribution in [0.4, 0.5) is 0 Å². The van der Waals surface area contributed by atoms with Gasteiger partial charge in [-0.3, -0.25) is 4.79 Å². The largest absolute Gasteiger partial charge is 0.454 e. The zero-order valence-corrected chi connectivity index (χ0v) is 12.8. The Morgan fingerprint density at radius 2 is 2.05 bits per heavy atom. The SMILES string of the molecule is C=C(C)CN(CC)C(=O)COC(=O)c1ccc2c(c1)OCO2. The molecular weight excluding hydrogens is 286 g/mol. The molecule has 1 heterocycles. The van der Waals surface area contributed by atoms with Gasteiger partial charge < -0.3 is 19.1 Å². The van der Waals surface area contributed by atoms with Gasteiger partial charge in [0.2, 0.25) is 6.79 Å². The number of benzene rings is 1. The van der Waals surface area contributed by atoms with Crippen molar-refractivity contribution in [1.82, 2.24) is 4.90 Å². The van der Waals surface area contributed by atoms with Crippen LogP contribution in [0, 0.1) is 0 Å². The molecule has 118 valence electrons. The molecule has 0 aromatic heterocycles. The minimum atomic E-state index is -0.571. The third-order valence-corrected chi connectivity index (χ3v) is 3.13. The van der Waals surface area contributed by atoms with Gasteiger partial charge in [-0.05, 0) is 32.0 Å². The lowest BCUT2D eigenvalue weighted by molar-refractivity contribution is -0.133. The molecule has 1 amide bonds. The number of rotatable bonds is 6. The average molecular weight is 305 g/mol. The van der Waals surface area contributed by atoms with Gasteiger partial charge in [-0.2, -0.15) is 0 Å². The second-order valence-corrected chi connectivity index (χ2v) is 5.01. The van der Waals surface area contributed by atoms with Crippen molar-refractivity contribution in [2.75, 3.05) is 26.5 Å². The van der Waals surface area contributed by atoms with Crippen LogP contribution in [-0.2, 0) is 9.53 Å². The molecule has 0 N–H and O–H groups in total. The normalized spacial score (nSPS) is 11.9. The fraction of sp³-hybridized carbons (Fsp3) is 0.375. The number of hydrogen-bond acceptors (Lipinski definition) is 5. The van der Waals surface area contributed by atoms with Gasteiger partial charge in [-0.25, -0.2) is 4.79 Å². The summed E-state index contributed by atoms with van der Waals surface area (Å²) in [7, 11) is 0. The number of nitrogens with zero attached hydrogens (tertiary/aromatic N) is 1. The number of carbonyl (C=O) groups is 2. The summed E-state index contributed by atoms with van der Waals surface area (Å²) < 4.78 is 15.4. The highest BCUT2D eigenvalue weighted by Gasteiger charge is 2.19. The summed E-state index contributed by atoms with van der Waals surface area (Å²) in [6.45, 7) is 8.31. The van der Waals surface area contributed by atoms with Crippen molar-refractivity contribution < 1.29 is 23.8 Å². The lowest BCUT2D eigenvalue weighted by atomic mass is 10.2. The quantitative estimate of drug-likeness (QED) is 0.594. The zero-order valence-electron chi connectivity index (χ0n) is 12.8. The van der Waals surface area contributed by atoms with Crippen molar-refractivity contribution in [3.05, 3.63) is 35.9 Å². The van der Waals surface area contributed by atoms with Crippen LogP contribution in [0.15, 0.2) is 30.4 Å². The lowest BCUT2D eigenvalue weighted by Crippen LogP contribution is -2.35. The number of likely N-dealkylation sites (N-methyl/N-ethyl adjacent to an activating group) is 1. The molecule has 0 saturated heterocycles. The van der Waals surface area contributed by atoms with E-state index in [4.69, 9.17) is 14.2 Å². The maximum Gasteiger partial charge on any atom is 0.338 e. The summed E-state index contributed by atoms with van der Waals surface area (Å²) in [6, 6.07) is 4.76. The van der Waals surface area contributed by atoms with Crippen LogP contribution in [0.5, 0.6) is 11.5 Å². The van der Waals surface area contributed by atoms with E-state index in [9.17, 15) is 9.59 Å². The molecule has 0 spiro atoms. The Bertz CT molecular complexity index is 596. The van der Waals surface area contributed by atoms with Crippen LogP contribution in [0.2, 0.25) is 0 Å². The van der Waals surface area contributed by atoms with E-state index in [1.807, 2.05) is 13.8 Å². The fourth-order valence-electron chi connectivity index (χ4n) is 2.03. The number of fused-ring (bicyclic) bond motifs is 1. The van der Waals surface area contributed by atoms with Gasteiger partial charge in [0.1, 0.15) is 0 Å². The molecule has 0 radical (unpaired) electrons. The molecule has 0 atom stereocenters. The first-order valence-electron chi connectivity index (χ1n) is 7.00. The van der Waals surface area contributed by atoms with E-state index in [-0.39, 0.29) is 19.3 Å². The van der Waals surface area contributed by atoms with E-state index in [0.29, 0.717) is 30.2 Å². The molecule has 0 saturated carbocycles. The van der Waals surface area contributed by atoms with E-state index in [1.54, 1.807) is 23.1 Å². The summed E-state index contributed by atoms with van der Waals surface area (Å²) >= 11 is 0. The Balaban J connectivity index is 1.92. The van der Waals surface area contributed by atoms with Crippen molar-refractivity contribution in [2.45, 2.75) is 13.8 Å². The molecular formula is C16H19NO5. The third-order valence-electron chi connectivity index (χ3n) is 3.13. The lowest BCUT2D eigenvalue weighted by Gasteiger charge is -2.20. The Morgan fingerprint density at radius 3 is 2.73 bits per heavy atom. The van der Waals surface area contributed by atoms with Crippen LogP contribution >= 0.6 is 0 Å². The monoisotopic (exact) mass is 305 g/mol. The van der Waals surface area contributed by atoms with Crippen LogP contribution < -0.4 is 9.47 Å². The minimum Gasteiger partial charge on any atom is -0.454 e. The summed E-state index contributed by atoms with van der Waals surface area (Å²) in [6.07, 6.45) is 0. The minimum absolute atomic E-state index is 0.138. The number of carbonyl (C=O) groups excluding carboxylic acids is 2. The third kappa shape index (κ3) is 3.78. The highest BCUT2D eigenvalue weighted by molar-refractivity contribution is 5.92. The van der Waals surface area contributed by atoms with Crippen LogP contribution in [0.1, 0.15) is 24.2 Å². The standard InChI is InChI=1S/C16H19NO5/c1-4-17(8-11(2)3)15(18)9-20-16(19)12-5-6-13-14(7-12)22-10-21-13/h5-7H,2,4,8-10H2,1,3H3. The maximum atomic E-state index is 12.0. The molecule has 0 fully saturated rings. The van der Waals surface area contributed by atoms with Gasteiger partial charge in [-0.15, -0.1) is 0 Å². The van der Waals surface area contributed by atoms with Crippen molar-refractivity contribution in [3.8, 4) is 11.5 Å². The number of hydrogen-bond donors (Lipinski definition) is 0. The predicted molar refractivity (Wildman–Crippen MR) is 79.9 cm³/mol. The smallest absolute Gasteiger partial charge is 0.338 e. The van der Waals surface area contributed by atoms with Crippen LogP contribution in [-0.4, -0.2) is 43.3 Å². The highest BCUT2D eigenvalue weighted by atomic mass is 16.7. The highest BCUT2D eigenvalue weighted by Crippen LogP contribution is 2.32. The number of amides is 1. The van der Waals surface area contributed by atoms with Gasteiger partial charge in [0.15, 0.2) is 18.1 Å². The summed E-state index contributed by atoms with van der Waals surface area (Å²) in [5.74, 6) is 0.266. The summed E-state index contributed by atoms with van der Waals surface area (Å²) in [4.78, 5) is 25.5. The van der Waals surface area contributed by atoms with Gasteiger partial charge in [0, 0.05) is 13.1 Å². The Kier molecular flexibility index (Phi) is 5.04. The molecule has 6 heteroatoms. The molecule has 1 aromatic carbocycles. The molecule has 0 bridgehead atoms. The second-order valence-electron chi connectivity index (χ2n) is 5.01. The van der Waals surface area contributed by atoms with Gasteiger partial charge in [0.25, 0.3) is 5.91 Å². The Labute approximate surface area is 129 Å². The first-order chi connectivity index (χ1) is 10.5. The number of ether oxygens (including phenoxy) is 3. The summed E-state index contributed by atoms with van der Waals surface area (Å²) in [5, 5.41) is 0. The number of esters is 1. The molecule has 1 aliphatic heterocycles. The average Bonchev–Trinajstić information content (AvgIpc) is 2.97. The van der Waals surface area contributed by atoms with Crippen LogP contribution in [0.25, 0.3) is 0 Å². The molecule has 22 heavy (non-hydrogen) atoms. The van der Waals surface area contributed by atoms with Gasteiger partial charge in [-0.1, -0.05) is 12.2 Å². The van der Waals surface area contributed by atoms with Crippen LogP contribution in [0.3, 0.4) is 0 Å². The van der Waals surface area contributed by atoms with Crippen molar-refractivity contribution in [3.63, 3.8) is 0 Å². The van der Waals surface area contributed by atoms with E-state index in [2.05, 4.69) is 6.58 Å². The summed E-state index contributed by atoms with van der Waals surface area (Å²) in [5.41, 5.74) is 1.19. The zero-order chi connectivity index (χ0) is 16.1. The van der Waals surface area contributed by atoms with Gasteiger partial charge >= 0.3 is 5.97 Å². The first-order valence-corrected chi connectivity index (χ1v) is 7.00. The van der Waals surface area contributed by atoms with Crippen molar-refractivity contribution >= 4 is 11.9 Å². The Hall–Kier alpha value is -2.50. The predicted octanol–water partition coefficient (Wildman–Crippen LogP) is 2.00. The molecule has 1 aromatic rings. The van der Waals surface area contributed by atoms with Crippen molar-refractivity contribution in [2.24, 2.45) is 0 Å². The molecule has 0 unspecified atom stereocenters. The second kappa shape index (κ2) is 6.98. The maximum absolute atomic E-state index is 12.0.